The van der Waals surface area contributed by atoms with Gasteiger partial charge in [-0.3, -0.25) is 9.78 Å². The first-order valence-electron chi connectivity index (χ1n) is 1.63. The van der Waals surface area contributed by atoms with E-state index in [0.717, 1.165) is 0 Å². The Labute approximate surface area is 82.1 Å². The van der Waals surface area contributed by atoms with Crippen LogP contribution in [0.25, 0.3) is 0 Å². The molecule has 0 saturated heterocycles. The van der Waals surface area contributed by atoms with Crippen LogP contribution < -0.4 is 0 Å². The van der Waals surface area contributed by atoms with Gasteiger partial charge >= 0.3 is 41.9 Å². The number of carbonyl (C=O) groups is 2. The van der Waals surface area contributed by atoms with Crippen molar-refractivity contribution in [2.45, 2.75) is 0 Å². The van der Waals surface area contributed by atoms with Crippen LogP contribution in [0.5, 0.6) is 0 Å². The minimum absolute atomic E-state index is 0. The van der Waals surface area contributed by atoms with Crippen LogP contribution in [0.4, 0.5) is 9.59 Å². The van der Waals surface area contributed by atoms with Gasteiger partial charge in [0.2, 0.25) is 0 Å². The van der Waals surface area contributed by atoms with Crippen molar-refractivity contribution in [1.82, 2.24) is 0 Å². The van der Waals surface area contributed by atoms with Gasteiger partial charge in [-0.05, 0) is 0 Å². The second-order valence-corrected chi connectivity index (χ2v) is 0.714. The number of hydrogen-bond donors (Lipinski definition) is 4. The zero-order valence-corrected chi connectivity index (χ0v) is 4.42. The van der Waals surface area contributed by atoms with Gasteiger partial charge in [0, 0.05) is 0 Å². The van der Waals surface area contributed by atoms with E-state index >= 15 is 0 Å². The normalized spacial score (nSPS) is 6.00. The Morgan fingerprint density at radius 1 is 0.909 bits per heavy atom. The van der Waals surface area contributed by atoms with E-state index in [1.165, 1.54) is 0 Å². The zero-order valence-electron chi connectivity index (χ0n) is 4.42. The second kappa shape index (κ2) is 12.2. The third-order valence-corrected chi connectivity index (χ3v) is 0.156. The third kappa shape index (κ3) is 44.0. The Morgan fingerprint density at radius 2 is 1.00 bits per heavy atom. The molecule has 0 fully saturated rings. The molecule has 0 atom stereocenters. The summed E-state index contributed by atoms with van der Waals surface area (Å²) >= 11 is 0. The summed E-state index contributed by atoms with van der Waals surface area (Å²) < 4.78 is 0. The van der Waals surface area contributed by atoms with Crippen LogP contribution in [-0.2, 0) is 9.78 Å². The van der Waals surface area contributed by atoms with Crippen molar-refractivity contribution in [3.05, 3.63) is 0 Å². The van der Waals surface area contributed by atoms with Gasteiger partial charge in [0.05, 0.1) is 0 Å². The monoisotopic (exact) mass is 180 g/mol. The van der Waals surface area contributed by atoms with Crippen molar-refractivity contribution >= 4 is 41.9 Å². The quantitative estimate of drug-likeness (QED) is 0.226. The van der Waals surface area contributed by atoms with Crippen LogP contribution in [0.1, 0.15) is 0 Å². The zero-order chi connectivity index (χ0) is 8.57. The first kappa shape index (κ1) is 16.8. The molecule has 4 N–H and O–H groups in total. The molecule has 0 saturated carbocycles. The van der Waals surface area contributed by atoms with Crippen molar-refractivity contribution in [2.75, 3.05) is 0 Å². The molecule has 9 heteroatoms. The van der Waals surface area contributed by atoms with E-state index in [0.29, 0.717) is 0 Å². The average molecular weight is 180 g/mol. The van der Waals surface area contributed by atoms with Crippen LogP contribution in [0.2, 0.25) is 0 Å². The maximum absolute atomic E-state index is 8.90. The molecule has 0 aliphatic rings. The van der Waals surface area contributed by atoms with E-state index in [9.17, 15) is 0 Å². The summed E-state index contributed by atoms with van der Waals surface area (Å²) in [6.45, 7) is 0. The SMILES string of the molecule is O=C(O)OO.O=C(O)OO.[NaH]. The van der Waals surface area contributed by atoms with Gasteiger partial charge in [-0.2, -0.15) is 10.5 Å². The molecule has 0 bridgehead atoms. The Hall–Kier alpha value is -0.540. The molecule has 62 valence electrons. The molecule has 0 aromatic heterocycles. The van der Waals surface area contributed by atoms with Crippen LogP contribution >= 0.6 is 0 Å². The van der Waals surface area contributed by atoms with Crippen LogP contribution in [0.15, 0.2) is 0 Å². The molecule has 0 amide bonds. The Bertz CT molecular complexity index is 96.7. The summed E-state index contributed by atoms with van der Waals surface area (Å²) in [5, 5.41) is 28.6. The fourth-order valence-electron chi connectivity index (χ4n) is 0. The Balaban J connectivity index is -0.000000107. The van der Waals surface area contributed by atoms with E-state index in [1.54, 1.807) is 0 Å². The van der Waals surface area contributed by atoms with Crippen LogP contribution in [0, 0.1) is 0 Å². The molecule has 0 rings (SSSR count). The predicted molar refractivity (Wildman–Crippen MR) is 30.6 cm³/mol. The third-order valence-electron chi connectivity index (χ3n) is 0.156. The molecule has 0 unspecified atom stereocenters. The molecular weight excluding hydrogens is 175 g/mol. The number of rotatable bonds is 0. The van der Waals surface area contributed by atoms with Crippen LogP contribution in [-0.4, -0.2) is 62.6 Å². The van der Waals surface area contributed by atoms with Gasteiger partial charge in [0.1, 0.15) is 0 Å². The van der Waals surface area contributed by atoms with Gasteiger partial charge in [-0.25, -0.2) is 9.59 Å². The molecule has 0 aromatic rings. The fourth-order valence-corrected chi connectivity index (χ4v) is 0. The maximum atomic E-state index is 8.90. The Kier molecular flexibility index (Phi) is 18.6. The second-order valence-electron chi connectivity index (χ2n) is 0.714. The van der Waals surface area contributed by atoms with Gasteiger partial charge < -0.3 is 10.2 Å². The van der Waals surface area contributed by atoms with Crippen molar-refractivity contribution in [3.63, 3.8) is 0 Å². The van der Waals surface area contributed by atoms with Gasteiger partial charge in [-0.15, -0.1) is 0 Å². The summed E-state index contributed by atoms with van der Waals surface area (Å²) in [5.41, 5.74) is 0. The first-order valence-corrected chi connectivity index (χ1v) is 1.63. The molecule has 0 radical (unpaired) electrons. The predicted octanol–water partition coefficient (Wildman–Crippen LogP) is -0.341. The molecule has 0 aromatic carbocycles. The summed E-state index contributed by atoms with van der Waals surface area (Å²) in [7, 11) is 0. The molecular formula is C2H5NaO8. The average Bonchev–Trinajstić information content (AvgIpc) is 1.89. The molecule has 0 aliphatic heterocycles. The molecule has 8 nitrogen and oxygen atoms in total. The van der Waals surface area contributed by atoms with Gasteiger partial charge in [0.25, 0.3) is 0 Å². The van der Waals surface area contributed by atoms with Crippen LogP contribution in [0.3, 0.4) is 0 Å². The topological polar surface area (TPSA) is 134 Å². The summed E-state index contributed by atoms with van der Waals surface area (Å²) in [6.07, 6.45) is -3.38. The van der Waals surface area contributed by atoms with Crippen molar-refractivity contribution in [1.29, 1.82) is 0 Å². The van der Waals surface area contributed by atoms with Crippen molar-refractivity contribution in [3.8, 4) is 0 Å². The first-order chi connectivity index (χ1) is 4.54. The summed E-state index contributed by atoms with van der Waals surface area (Å²) in [4.78, 5) is 23.1. The van der Waals surface area contributed by atoms with Gasteiger partial charge in [0.15, 0.2) is 0 Å². The fraction of sp³-hybridized carbons (Fsp3) is 0. The minimum atomic E-state index is -1.69. The van der Waals surface area contributed by atoms with E-state index in [1.807, 2.05) is 0 Å². The number of hydrogen-bond acceptors (Lipinski definition) is 6. The molecule has 0 heterocycles. The summed E-state index contributed by atoms with van der Waals surface area (Å²) in [6, 6.07) is 0. The standard InChI is InChI=1S/2CH2O4.Na.H/c2*2-1(3)5-4;;/h2*4H,(H,2,3);;. The summed E-state index contributed by atoms with van der Waals surface area (Å²) in [5.74, 6) is 0. The van der Waals surface area contributed by atoms with Crippen molar-refractivity contribution in [2.24, 2.45) is 0 Å². The van der Waals surface area contributed by atoms with Gasteiger partial charge in [-0.1, -0.05) is 0 Å². The van der Waals surface area contributed by atoms with Crippen molar-refractivity contribution < 1.29 is 40.1 Å². The number of carboxylic acid groups (broad SMARTS) is 2. The van der Waals surface area contributed by atoms with E-state index < -0.39 is 12.3 Å². The molecule has 11 heavy (non-hydrogen) atoms. The van der Waals surface area contributed by atoms with E-state index in [4.69, 9.17) is 30.3 Å². The molecule has 0 aliphatic carbocycles. The van der Waals surface area contributed by atoms with E-state index in [2.05, 4.69) is 9.78 Å². The molecule has 0 spiro atoms. The van der Waals surface area contributed by atoms with E-state index in [-0.39, 0.29) is 29.6 Å². The Morgan fingerprint density at radius 3 is 1.00 bits per heavy atom.